The maximum atomic E-state index is 12.2. The van der Waals surface area contributed by atoms with Crippen LogP contribution in [0.3, 0.4) is 0 Å². The zero-order chi connectivity index (χ0) is 20.9. The van der Waals surface area contributed by atoms with Crippen molar-refractivity contribution in [1.29, 1.82) is 0 Å². The van der Waals surface area contributed by atoms with Crippen LogP contribution < -0.4 is 5.32 Å². The number of aromatic nitrogens is 2. The molecule has 0 saturated carbocycles. The first-order chi connectivity index (χ1) is 13.8. The number of amides is 1. The lowest BCUT2D eigenvalue weighted by molar-refractivity contribution is -0.111. The molecule has 0 aliphatic carbocycles. The Hall–Kier alpha value is -2.15. The fourth-order valence-corrected chi connectivity index (χ4v) is 4.53. The summed E-state index contributed by atoms with van der Waals surface area (Å²) in [7, 11) is 0. The van der Waals surface area contributed by atoms with Crippen molar-refractivity contribution in [2.45, 2.75) is 36.3 Å². The number of nitrogens with zero attached hydrogens (tertiary/aromatic N) is 2. The Morgan fingerprint density at radius 2 is 1.86 bits per heavy atom. The molecule has 0 aliphatic rings. The van der Waals surface area contributed by atoms with Crippen molar-refractivity contribution in [3.8, 4) is 0 Å². The molecule has 7 heteroatoms. The summed E-state index contributed by atoms with van der Waals surface area (Å²) in [5.74, 6) is 0.468. The lowest BCUT2D eigenvalue weighted by Crippen LogP contribution is -2.10. The van der Waals surface area contributed by atoms with E-state index in [1.54, 1.807) is 17.8 Å². The van der Waals surface area contributed by atoms with Gasteiger partial charge < -0.3 is 0 Å². The summed E-state index contributed by atoms with van der Waals surface area (Å²) in [5.41, 5.74) is 3.38. The summed E-state index contributed by atoms with van der Waals surface area (Å²) in [5, 5.41) is 12.1. The molecule has 0 fully saturated rings. The molecule has 0 aliphatic heterocycles. The predicted molar refractivity (Wildman–Crippen MR) is 124 cm³/mol. The van der Waals surface area contributed by atoms with Gasteiger partial charge in [0.2, 0.25) is 11.0 Å². The summed E-state index contributed by atoms with van der Waals surface area (Å²) >= 11 is 9.05. The quantitative estimate of drug-likeness (QED) is 0.271. The van der Waals surface area contributed by atoms with Crippen LogP contribution >= 0.6 is 34.7 Å². The number of halogens is 1. The van der Waals surface area contributed by atoms with Crippen molar-refractivity contribution >= 4 is 51.8 Å². The molecular weight excluding hydrogens is 422 g/mol. The number of anilines is 1. The number of rotatable bonds is 6. The van der Waals surface area contributed by atoms with Gasteiger partial charge in [-0.15, -0.1) is 10.2 Å². The summed E-state index contributed by atoms with van der Waals surface area (Å²) in [6.45, 7) is 6.52. The van der Waals surface area contributed by atoms with Crippen molar-refractivity contribution in [2.24, 2.45) is 0 Å². The van der Waals surface area contributed by atoms with Crippen LogP contribution in [0.25, 0.3) is 6.08 Å². The second-order valence-corrected chi connectivity index (χ2v) is 10.1. The SMILES string of the molecule is CC(C)(C)c1ccc(/C=C/C(=O)Nc2nnc(SCc3ccccc3Cl)s2)cc1. The molecule has 0 bridgehead atoms. The van der Waals surface area contributed by atoms with Gasteiger partial charge in [-0.05, 0) is 34.2 Å². The monoisotopic (exact) mass is 443 g/mol. The Labute approximate surface area is 184 Å². The van der Waals surface area contributed by atoms with E-state index in [1.165, 1.54) is 23.0 Å². The van der Waals surface area contributed by atoms with Gasteiger partial charge in [-0.1, -0.05) is 97.9 Å². The zero-order valence-electron chi connectivity index (χ0n) is 16.5. The minimum atomic E-state index is -0.233. The van der Waals surface area contributed by atoms with Crippen LogP contribution in [-0.2, 0) is 16.0 Å². The molecular formula is C22H22ClN3OS2. The van der Waals surface area contributed by atoms with E-state index in [1.807, 2.05) is 36.4 Å². The van der Waals surface area contributed by atoms with E-state index in [0.29, 0.717) is 10.9 Å². The van der Waals surface area contributed by atoms with Gasteiger partial charge >= 0.3 is 0 Å². The van der Waals surface area contributed by atoms with Crippen LogP contribution in [0.15, 0.2) is 58.9 Å². The molecule has 1 aromatic heterocycles. The first-order valence-electron chi connectivity index (χ1n) is 9.10. The molecule has 1 heterocycles. The van der Waals surface area contributed by atoms with Gasteiger partial charge in [0, 0.05) is 16.9 Å². The highest BCUT2D eigenvalue weighted by atomic mass is 35.5. The van der Waals surface area contributed by atoms with E-state index in [0.717, 1.165) is 20.5 Å². The van der Waals surface area contributed by atoms with E-state index >= 15 is 0 Å². The molecule has 150 valence electrons. The Bertz CT molecular complexity index is 1010. The van der Waals surface area contributed by atoms with Crippen molar-refractivity contribution in [3.05, 3.63) is 76.3 Å². The number of thioether (sulfide) groups is 1. The van der Waals surface area contributed by atoms with Crippen molar-refractivity contribution in [1.82, 2.24) is 10.2 Å². The normalized spacial score (nSPS) is 11.7. The fraction of sp³-hybridized carbons (Fsp3) is 0.227. The summed E-state index contributed by atoms with van der Waals surface area (Å²) < 4.78 is 0.780. The minimum absolute atomic E-state index is 0.110. The van der Waals surface area contributed by atoms with Crippen LogP contribution in [0.2, 0.25) is 5.02 Å². The van der Waals surface area contributed by atoms with Crippen LogP contribution in [0.5, 0.6) is 0 Å². The van der Waals surface area contributed by atoms with Crippen LogP contribution in [0.4, 0.5) is 5.13 Å². The number of carbonyl (C=O) groups is 1. The molecule has 0 radical (unpaired) electrons. The minimum Gasteiger partial charge on any atom is -0.297 e. The molecule has 2 aromatic carbocycles. The average Bonchev–Trinajstić information content (AvgIpc) is 3.12. The summed E-state index contributed by atoms with van der Waals surface area (Å²) in [6, 6.07) is 15.9. The molecule has 0 unspecified atom stereocenters. The first kappa shape index (κ1) is 21.6. The van der Waals surface area contributed by atoms with Gasteiger partial charge in [0.15, 0.2) is 4.34 Å². The van der Waals surface area contributed by atoms with Crippen molar-refractivity contribution in [3.63, 3.8) is 0 Å². The third kappa shape index (κ3) is 6.42. The highest BCUT2D eigenvalue weighted by Crippen LogP contribution is 2.30. The molecule has 3 rings (SSSR count). The summed E-state index contributed by atoms with van der Waals surface area (Å²) in [4.78, 5) is 12.2. The molecule has 1 amide bonds. The fourth-order valence-electron chi connectivity index (χ4n) is 2.49. The number of hydrogen-bond donors (Lipinski definition) is 1. The Morgan fingerprint density at radius 1 is 1.14 bits per heavy atom. The molecule has 0 atom stereocenters. The van der Waals surface area contributed by atoms with Crippen molar-refractivity contribution < 1.29 is 4.79 Å². The standard InChI is InChI=1S/C22H22ClN3OS2/c1-22(2,3)17-11-8-15(9-12-17)10-13-19(27)24-20-25-26-21(29-20)28-14-16-6-4-5-7-18(16)23/h4-13H,14H2,1-3H3,(H,24,25,27)/b13-10+. The van der Waals surface area contributed by atoms with Crippen LogP contribution in [-0.4, -0.2) is 16.1 Å². The van der Waals surface area contributed by atoms with Gasteiger partial charge in [0.25, 0.3) is 0 Å². The third-order valence-corrected chi connectivity index (χ3v) is 6.54. The van der Waals surface area contributed by atoms with Gasteiger partial charge in [-0.25, -0.2) is 0 Å². The van der Waals surface area contributed by atoms with E-state index < -0.39 is 0 Å². The van der Waals surface area contributed by atoms with Crippen molar-refractivity contribution in [2.75, 3.05) is 5.32 Å². The lowest BCUT2D eigenvalue weighted by atomic mass is 9.87. The van der Waals surface area contributed by atoms with Gasteiger partial charge in [0.1, 0.15) is 0 Å². The summed E-state index contributed by atoms with van der Waals surface area (Å²) in [6.07, 6.45) is 3.29. The molecule has 4 nitrogen and oxygen atoms in total. The van der Waals surface area contributed by atoms with E-state index in [4.69, 9.17) is 11.6 Å². The van der Waals surface area contributed by atoms with E-state index in [2.05, 4.69) is 48.4 Å². The second-order valence-electron chi connectivity index (χ2n) is 7.45. The largest absolute Gasteiger partial charge is 0.297 e. The van der Waals surface area contributed by atoms with Gasteiger partial charge in [-0.2, -0.15) is 0 Å². The topological polar surface area (TPSA) is 54.9 Å². The Kier molecular flexibility index (Phi) is 7.11. The molecule has 0 spiro atoms. The molecule has 3 aromatic rings. The van der Waals surface area contributed by atoms with Gasteiger partial charge in [-0.3, -0.25) is 10.1 Å². The van der Waals surface area contributed by atoms with Crippen LogP contribution in [0.1, 0.15) is 37.5 Å². The first-order valence-corrected chi connectivity index (χ1v) is 11.3. The Balaban J connectivity index is 1.53. The average molecular weight is 444 g/mol. The number of benzene rings is 2. The molecule has 29 heavy (non-hydrogen) atoms. The lowest BCUT2D eigenvalue weighted by Gasteiger charge is -2.18. The predicted octanol–water partition coefficient (Wildman–Crippen LogP) is 6.43. The molecule has 1 N–H and O–H groups in total. The maximum absolute atomic E-state index is 12.2. The van der Waals surface area contributed by atoms with Gasteiger partial charge in [0.05, 0.1) is 0 Å². The highest BCUT2D eigenvalue weighted by molar-refractivity contribution is 8.00. The van der Waals surface area contributed by atoms with E-state index in [-0.39, 0.29) is 11.3 Å². The zero-order valence-corrected chi connectivity index (χ0v) is 18.9. The van der Waals surface area contributed by atoms with Crippen LogP contribution in [0, 0.1) is 0 Å². The smallest absolute Gasteiger partial charge is 0.250 e. The highest BCUT2D eigenvalue weighted by Gasteiger charge is 2.12. The molecule has 0 saturated heterocycles. The maximum Gasteiger partial charge on any atom is 0.250 e. The number of hydrogen-bond acceptors (Lipinski definition) is 5. The number of carbonyl (C=O) groups excluding carboxylic acids is 1. The second kappa shape index (κ2) is 9.57. The Morgan fingerprint density at radius 3 is 2.55 bits per heavy atom. The number of nitrogens with one attached hydrogen (secondary N) is 1. The third-order valence-electron chi connectivity index (χ3n) is 4.15. The van der Waals surface area contributed by atoms with E-state index in [9.17, 15) is 4.79 Å².